The normalized spacial score (nSPS) is 11.2. The van der Waals surface area contributed by atoms with E-state index >= 15 is 0 Å². The first-order valence-corrected chi connectivity index (χ1v) is 11.1. The number of likely N-dealkylation sites (N-methyl/N-ethyl adjacent to an activating group) is 1. The molecule has 162 valence electrons. The van der Waals surface area contributed by atoms with Gasteiger partial charge in [0.1, 0.15) is 23.8 Å². The van der Waals surface area contributed by atoms with Crippen LogP contribution in [0.1, 0.15) is 5.56 Å². The maximum absolute atomic E-state index is 12.0. The van der Waals surface area contributed by atoms with E-state index in [-0.39, 0.29) is 6.54 Å². The van der Waals surface area contributed by atoms with Crippen LogP contribution in [0.25, 0.3) is 0 Å². The SMILES string of the molecule is Cc1ccnc(Nc2cc(Nc3ccc(NC(=O)CN(C)S(C)(=O)=O)cc3)ncn2)c1. The van der Waals surface area contributed by atoms with E-state index in [1.165, 1.54) is 13.4 Å². The van der Waals surface area contributed by atoms with Crippen LogP contribution in [0.5, 0.6) is 0 Å². The van der Waals surface area contributed by atoms with Gasteiger partial charge in [-0.25, -0.2) is 23.4 Å². The molecule has 0 spiro atoms. The molecule has 0 aliphatic heterocycles. The summed E-state index contributed by atoms with van der Waals surface area (Å²) in [7, 11) is -2.07. The Morgan fingerprint density at radius 1 is 0.935 bits per heavy atom. The highest BCUT2D eigenvalue weighted by molar-refractivity contribution is 7.88. The predicted octanol–water partition coefficient (Wildman–Crippen LogP) is 2.50. The van der Waals surface area contributed by atoms with Crippen molar-refractivity contribution < 1.29 is 13.2 Å². The Labute approximate surface area is 180 Å². The summed E-state index contributed by atoms with van der Waals surface area (Å²) < 4.78 is 23.8. The van der Waals surface area contributed by atoms with Gasteiger partial charge in [0.2, 0.25) is 15.9 Å². The molecule has 0 radical (unpaired) electrons. The summed E-state index contributed by atoms with van der Waals surface area (Å²) in [5.41, 5.74) is 2.39. The van der Waals surface area contributed by atoms with Crippen molar-refractivity contribution in [1.29, 1.82) is 0 Å². The van der Waals surface area contributed by atoms with Crippen LogP contribution in [-0.2, 0) is 14.8 Å². The van der Waals surface area contributed by atoms with Crippen LogP contribution in [-0.4, -0.2) is 53.4 Å². The van der Waals surface area contributed by atoms with Crippen molar-refractivity contribution in [2.75, 3.05) is 35.8 Å². The average molecular weight is 442 g/mol. The Bertz CT molecular complexity index is 1170. The number of rotatable bonds is 8. The molecule has 0 saturated carbocycles. The number of sulfonamides is 1. The van der Waals surface area contributed by atoms with Gasteiger partial charge in [0.25, 0.3) is 0 Å². The Balaban J connectivity index is 1.60. The highest BCUT2D eigenvalue weighted by Crippen LogP contribution is 2.20. The number of amides is 1. The van der Waals surface area contributed by atoms with Gasteiger partial charge in [-0.2, -0.15) is 4.31 Å². The summed E-state index contributed by atoms with van der Waals surface area (Å²) in [5, 5.41) is 8.96. The summed E-state index contributed by atoms with van der Waals surface area (Å²) in [6.07, 6.45) is 4.21. The summed E-state index contributed by atoms with van der Waals surface area (Å²) in [4.78, 5) is 24.6. The Hall–Kier alpha value is -3.57. The molecule has 2 aromatic heterocycles. The molecule has 3 N–H and O–H groups in total. The highest BCUT2D eigenvalue weighted by Gasteiger charge is 2.15. The smallest absolute Gasteiger partial charge is 0.239 e. The first kappa shape index (κ1) is 22.1. The minimum absolute atomic E-state index is 0.259. The molecule has 0 atom stereocenters. The van der Waals surface area contributed by atoms with Crippen LogP contribution in [0.2, 0.25) is 0 Å². The lowest BCUT2D eigenvalue weighted by Gasteiger charge is -2.14. The first-order chi connectivity index (χ1) is 14.7. The molecule has 0 saturated heterocycles. The largest absolute Gasteiger partial charge is 0.340 e. The van der Waals surface area contributed by atoms with Crippen molar-refractivity contribution in [3.63, 3.8) is 0 Å². The van der Waals surface area contributed by atoms with Crippen LogP contribution in [0.15, 0.2) is 55.0 Å². The van der Waals surface area contributed by atoms with Gasteiger partial charge in [-0.15, -0.1) is 0 Å². The number of aryl methyl sites for hydroxylation is 1. The van der Waals surface area contributed by atoms with Gasteiger partial charge < -0.3 is 16.0 Å². The minimum atomic E-state index is -3.42. The number of nitrogens with one attached hydrogen (secondary N) is 3. The van der Waals surface area contributed by atoms with Gasteiger partial charge in [0.05, 0.1) is 12.8 Å². The molecule has 11 heteroatoms. The molecular weight excluding hydrogens is 418 g/mol. The second-order valence-electron chi connectivity index (χ2n) is 6.90. The number of anilines is 5. The zero-order valence-electron chi connectivity index (χ0n) is 17.3. The molecule has 0 fully saturated rings. The Morgan fingerprint density at radius 3 is 2.19 bits per heavy atom. The lowest BCUT2D eigenvalue weighted by Crippen LogP contribution is -2.34. The second kappa shape index (κ2) is 9.49. The molecule has 0 unspecified atom stereocenters. The lowest BCUT2D eigenvalue weighted by atomic mass is 10.2. The number of aromatic nitrogens is 3. The maximum Gasteiger partial charge on any atom is 0.239 e. The molecule has 1 amide bonds. The monoisotopic (exact) mass is 441 g/mol. The third kappa shape index (κ3) is 6.73. The summed E-state index contributed by atoms with van der Waals surface area (Å²) in [6, 6.07) is 12.5. The molecule has 10 nitrogen and oxygen atoms in total. The number of hydrogen-bond acceptors (Lipinski definition) is 8. The van der Waals surface area contributed by atoms with E-state index in [1.54, 1.807) is 36.5 Å². The summed E-state index contributed by atoms with van der Waals surface area (Å²) in [5.74, 6) is 1.43. The van der Waals surface area contributed by atoms with Crippen LogP contribution in [0.3, 0.4) is 0 Å². The van der Waals surface area contributed by atoms with Crippen molar-refractivity contribution in [3.05, 3.63) is 60.6 Å². The molecule has 0 bridgehead atoms. The van der Waals surface area contributed by atoms with Gasteiger partial charge in [0, 0.05) is 30.7 Å². The van der Waals surface area contributed by atoms with Gasteiger partial charge in [-0.1, -0.05) is 0 Å². The van der Waals surface area contributed by atoms with Crippen LogP contribution in [0.4, 0.5) is 28.8 Å². The zero-order chi connectivity index (χ0) is 22.4. The number of hydrogen-bond donors (Lipinski definition) is 3. The topological polar surface area (TPSA) is 129 Å². The van der Waals surface area contributed by atoms with Crippen molar-refractivity contribution >= 4 is 44.8 Å². The van der Waals surface area contributed by atoms with Gasteiger partial charge in [-0.05, 0) is 48.9 Å². The van der Waals surface area contributed by atoms with E-state index < -0.39 is 15.9 Å². The third-order valence-corrected chi connectivity index (χ3v) is 5.47. The standard InChI is InChI=1S/C20H23N7O3S/c1-14-8-9-21-17(10-14)26-19-11-18(22-13-23-19)24-15-4-6-16(7-5-15)25-20(28)12-27(2)31(3,29)30/h4-11,13H,12H2,1-3H3,(H,25,28)(H2,21,22,23,24,26). The average Bonchev–Trinajstić information content (AvgIpc) is 2.69. The molecule has 3 aromatic rings. The number of nitrogens with zero attached hydrogens (tertiary/aromatic N) is 4. The lowest BCUT2D eigenvalue weighted by molar-refractivity contribution is -0.116. The van der Waals surface area contributed by atoms with E-state index in [2.05, 4.69) is 30.9 Å². The fourth-order valence-electron chi connectivity index (χ4n) is 2.53. The first-order valence-electron chi connectivity index (χ1n) is 9.29. The number of carbonyl (C=O) groups excluding carboxylic acids is 1. The summed E-state index contributed by atoms with van der Waals surface area (Å²) in [6.45, 7) is 1.72. The van der Waals surface area contributed by atoms with Crippen molar-refractivity contribution in [2.24, 2.45) is 0 Å². The molecule has 2 heterocycles. The molecule has 0 aliphatic carbocycles. The third-order valence-electron chi connectivity index (χ3n) is 4.21. The second-order valence-corrected chi connectivity index (χ2v) is 8.99. The van der Waals surface area contributed by atoms with Crippen LogP contribution < -0.4 is 16.0 Å². The molecule has 3 rings (SSSR count). The molecule has 1 aromatic carbocycles. The highest BCUT2D eigenvalue weighted by atomic mass is 32.2. The number of carbonyl (C=O) groups is 1. The Morgan fingerprint density at radius 2 is 1.55 bits per heavy atom. The maximum atomic E-state index is 12.0. The molecule has 0 aliphatic rings. The van der Waals surface area contributed by atoms with E-state index in [9.17, 15) is 13.2 Å². The molecule has 31 heavy (non-hydrogen) atoms. The molecular formula is C20H23N7O3S. The zero-order valence-corrected chi connectivity index (χ0v) is 18.1. The van der Waals surface area contributed by atoms with Gasteiger partial charge in [-0.3, -0.25) is 4.79 Å². The van der Waals surface area contributed by atoms with Crippen molar-refractivity contribution in [2.45, 2.75) is 6.92 Å². The van der Waals surface area contributed by atoms with E-state index in [0.29, 0.717) is 23.1 Å². The van der Waals surface area contributed by atoms with E-state index in [0.717, 1.165) is 21.8 Å². The van der Waals surface area contributed by atoms with Crippen LogP contribution in [0, 0.1) is 6.92 Å². The van der Waals surface area contributed by atoms with Crippen molar-refractivity contribution in [3.8, 4) is 0 Å². The number of pyridine rings is 1. The Kier molecular flexibility index (Phi) is 6.78. The quantitative estimate of drug-likeness (QED) is 0.486. The van der Waals surface area contributed by atoms with E-state index in [4.69, 9.17) is 0 Å². The minimum Gasteiger partial charge on any atom is -0.340 e. The summed E-state index contributed by atoms with van der Waals surface area (Å²) >= 11 is 0. The number of benzene rings is 1. The van der Waals surface area contributed by atoms with Gasteiger partial charge >= 0.3 is 0 Å². The predicted molar refractivity (Wildman–Crippen MR) is 120 cm³/mol. The fourth-order valence-corrected chi connectivity index (χ4v) is 2.89. The fraction of sp³-hybridized carbons (Fsp3) is 0.200. The van der Waals surface area contributed by atoms with Crippen LogP contribution >= 0.6 is 0 Å². The van der Waals surface area contributed by atoms with Gasteiger partial charge in [0.15, 0.2) is 0 Å². The van der Waals surface area contributed by atoms with E-state index in [1.807, 2.05) is 19.1 Å². The van der Waals surface area contributed by atoms with Crippen molar-refractivity contribution in [1.82, 2.24) is 19.3 Å².